The Morgan fingerprint density at radius 3 is 2.67 bits per heavy atom. The molecule has 0 aromatic carbocycles. The summed E-state index contributed by atoms with van der Waals surface area (Å²) in [6.07, 6.45) is 4.49. The van der Waals surface area contributed by atoms with Gasteiger partial charge in [0.2, 0.25) is 0 Å². The summed E-state index contributed by atoms with van der Waals surface area (Å²) in [5.74, 6) is 0.846. The molecule has 0 unspecified atom stereocenters. The van der Waals surface area contributed by atoms with Crippen LogP contribution in [0.1, 0.15) is 32.6 Å². The number of halogens is 1. The Balaban J connectivity index is 2.02. The van der Waals surface area contributed by atoms with Crippen molar-refractivity contribution >= 4 is 0 Å². The third-order valence-electron chi connectivity index (χ3n) is 3.17. The van der Waals surface area contributed by atoms with Gasteiger partial charge >= 0.3 is 0 Å². The van der Waals surface area contributed by atoms with E-state index in [0.717, 1.165) is 19.0 Å². The first-order valence-electron chi connectivity index (χ1n) is 6.35. The van der Waals surface area contributed by atoms with Crippen molar-refractivity contribution in [2.24, 2.45) is 5.92 Å². The molecule has 0 aromatic rings. The van der Waals surface area contributed by atoms with Crippen LogP contribution in [0.3, 0.4) is 0 Å². The minimum Gasteiger partial charge on any atom is -0.316 e. The van der Waals surface area contributed by atoms with E-state index >= 15 is 0 Å². The molecule has 0 bridgehead atoms. The molecule has 3 heteroatoms. The van der Waals surface area contributed by atoms with Crippen molar-refractivity contribution in [2.75, 3.05) is 39.4 Å². The van der Waals surface area contributed by atoms with Crippen LogP contribution in [0.5, 0.6) is 0 Å². The summed E-state index contributed by atoms with van der Waals surface area (Å²) in [5, 5.41) is 3.48. The lowest BCUT2D eigenvalue weighted by molar-refractivity contribution is 0.176. The van der Waals surface area contributed by atoms with Crippen LogP contribution in [0.4, 0.5) is 4.39 Å². The summed E-state index contributed by atoms with van der Waals surface area (Å²) in [6, 6.07) is 0. The molecule has 0 amide bonds. The molecule has 0 aromatic heterocycles. The summed E-state index contributed by atoms with van der Waals surface area (Å²) in [4.78, 5) is 2.40. The van der Waals surface area contributed by atoms with Gasteiger partial charge in [0.25, 0.3) is 0 Å². The molecule has 0 saturated carbocycles. The number of piperidine rings is 1. The van der Waals surface area contributed by atoms with Gasteiger partial charge in [-0.15, -0.1) is 0 Å². The van der Waals surface area contributed by atoms with Crippen molar-refractivity contribution in [1.29, 1.82) is 0 Å². The molecule has 1 aliphatic rings. The predicted octanol–water partition coefficient (Wildman–Crippen LogP) is 2.06. The zero-order chi connectivity index (χ0) is 10.9. The highest BCUT2D eigenvalue weighted by molar-refractivity contribution is 4.73. The predicted molar refractivity (Wildman–Crippen MR) is 62.9 cm³/mol. The van der Waals surface area contributed by atoms with Gasteiger partial charge in [-0.05, 0) is 57.8 Å². The van der Waals surface area contributed by atoms with Gasteiger partial charge in [0.1, 0.15) is 0 Å². The normalized spacial score (nSPS) is 19.6. The van der Waals surface area contributed by atoms with E-state index in [9.17, 15) is 4.39 Å². The van der Waals surface area contributed by atoms with E-state index in [4.69, 9.17) is 0 Å². The van der Waals surface area contributed by atoms with Gasteiger partial charge in [-0.1, -0.05) is 6.92 Å². The van der Waals surface area contributed by atoms with Gasteiger partial charge in [0, 0.05) is 6.54 Å². The van der Waals surface area contributed by atoms with Crippen LogP contribution < -0.4 is 5.32 Å². The van der Waals surface area contributed by atoms with Gasteiger partial charge in [-0.2, -0.15) is 0 Å². The Hall–Kier alpha value is -0.150. The zero-order valence-corrected chi connectivity index (χ0v) is 9.97. The van der Waals surface area contributed by atoms with Gasteiger partial charge in [0.05, 0.1) is 6.67 Å². The average Bonchev–Trinajstić information content (AvgIpc) is 2.28. The summed E-state index contributed by atoms with van der Waals surface area (Å²) >= 11 is 0. The quantitative estimate of drug-likeness (QED) is 0.655. The van der Waals surface area contributed by atoms with E-state index in [2.05, 4.69) is 17.1 Å². The van der Waals surface area contributed by atoms with Crippen LogP contribution in [0.2, 0.25) is 0 Å². The Morgan fingerprint density at radius 1 is 1.33 bits per heavy atom. The summed E-state index contributed by atoms with van der Waals surface area (Å²) in [7, 11) is 0. The van der Waals surface area contributed by atoms with Crippen molar-refractivity contribution in [3.63, 3.8) is 0 Å². The Labute approximate surface area is 93.2 Å². The minimum atomic E-state index is -0.169. The van der Waals surface area contributed by atoms with Gasteiger partial charge in [-0.3, -0.25) is 4.39 Å². The minimum absolute atomic E-state index is 0.169. The van der Waals surface area contributed by atoms with Crippen LogP contribution in [-0.4, -0.2) is 44.3 Å². The molecule has 0 spiro atoms. The largest absolute Gasteiger partial charge is 0.316 e. The lowest BCUT2D eigenvalue weighted by Crippen LogP contribution is -2.38. The lowest BCUT2D eigenvalue weighted by Gasteiger charge is -2.31. The van der Waals surface area contributed by atoms with Gasteiger partial charge in [-0.25, -0.2) is 0 Å². The molecule has 1 aliphatic heterocycles. The maximum absolute atomic E-state index is 12.0. The van der Waals surface area contributed by atoms with E-state index in [1.807, 2.05) is 0 Å². The van der Waals surface area contributed by atoms with Crippen LogP contribution in [0.25, 0.3) is 0 Å². The highest BCUT2D eigenvalue weighted by Gasteiger charge is 2.17. The van der Waals surface area contributed by atoms with Crippen LogP contribution in [0, 0.1) is 5.92 Å². The molecule has 1 heterocycles. The molecule has 1 saturated heterocycles. The number of nitrogens with zero attached hydrogens (tertiary/aromatic N) is 1. The molecule has 0 atom stereocenters. The smallest absolute Gasteiger partial charge is 0.0906 e. The molecule has 0 radical (unpaired) electrons. The number of likely N-dealkylation sites (tertiary alicyclic amines) is 1. The fourth-order valence-corrected chi connectivity index (χ4v) is 2.18. The van der Waals surface area contributed by atoms with Crippen LogP contribution >= 0.6 is 0 Å². The number of rotatable bonds is 7. The maximum atomic E-state index is 12.0. The number of hydrogen-bond donors (Lipinski definition) is 1. The van der Waals surface area contributed by atoms with E-state index in [-0.39, 0.29) is 6.67 Å². The first kappa shape index (κ1) is 12.9. The number of alkyl halides is 1. The average molecular weight is 216 g/mol. The summed E-state index contributed by atoms with van der Waals surface area (Å²) < 4.78 is 12.0. The topological polar surface area (TPSA) is 15.3 Å². The van der Waals surface area contributed by atoms with Crippen molar-refractivity contribution in [1.82, 2.24) is 10.2 Å². The molecule has 15 heavy (non-hydrogen) atoms. The summed E-state index contributed by atoms with van der Waals surface area (Å²) in [5.41, 5.74) is 0. The molecule has 2 nitrogen and oxygen atoms in total. The fraction of sp³-hybridized carbons (Fsp3) is 1.00. The van der Waals surface area contributed by atoms with E-state index in [0.29, 0.717) is 6.42 Å². The molecule has 1 fully saturated rings. The second kappa shape index (κ2) is 8.05. The second-order valence-corrected chi connectivity index (χ2v) is 4.53. The highest BCUT2D eigenvalue weighted by atomic mass is 19.1. The third-order valence-corrected chi connectivity index (χ3v) is 3.17. The van der Waals surface area contributed by atoms with E-state index < -0.39 is 0 Å². The fourth-order valence-electron chi connectivity index (χ4n) is 2.18. The van der Waals surface area contributed by atoms with Crippen molar-refractivity contribution < 1.29 is 4.39 Å². The maximum Gasteiger partial charge on any atom is 0.0906 e. The van der Waals surface area contributed by atoms with Crippen LogP contribution in [0.15, 0.2) is 0 Å². The first-order valence-corrected chi connectivity index (χ1v) is 6.35. The van der Waals surface area contributed by atoms with Crippen LogP contribution in [-0.2, 0) is 0 Å². The first-order chi connectivity index (χ1) is 7.36. The van der Waals surface area contributed by atoms with Crippen molar-refractivity contribution in [3.05, 3.63) is 0 Å². The highest BCUT2D eigenvalue weighted by Crippen LogP contribution is 2.16. The Morgan fingerprint density at radius 2 is 2.07 bits per heavy atom. The molecule has 1 N–H and O–H groups in total. The SMILES string of the molecule is CCCNCC1CCN(CCCF)CC1. The zero-order valence-electron chi connectivity index (χ0n) is 9.97. The van der Waals surface area contributed by atoms with E-state index in [1.54, 1.807) is 0 Å². The van der Waals surface area contributed by atoms with Crippen molar-refractivity contribution in [2.45, 2.75) is 32.6 Å². The standard InChI is InChI=1S/C12H25FN2/c1-2-7-14-11-12-4-9-15(10-5-12)8-3-6-13/h12,14H,2-11H2,1H3. The monoisotopic (exact) mass is 216 g/mol. The molecule has 1 rings (SSSR count). The molecule has 90 valence electrons. The Kier molecular flexibility index (Phi) is 6.94. The van der Waals surface area contributed by atoms with Gasteiger partial charge < -0.3 is 10.2 Å². The Bertz CT molecular complexity index is 145. The van der Waals surface area contributed by atoms with E-state index in [1.165, 1.54) is 38.9 Å². The van der Waals surface area contributed by atoms with Crippen molar-refractivity contribution in [3.8, 4) is 0 Å². The van der Waals surface area contributed by atoms with Gasteiger partial charge in [0.15, 0.2) is 0 Å². The molecular weight excluding hydrogens is 191 g/mol. The second-order valence-electron chi connectivity index (χ2n) is 4.53. The number of nitrogens with one attached hydrogen (secondary N) is 1. The number of hydrogen-bond acceptors (Lipinski definition) is 2. The lowest BCUT2D eigenvalue weighted by atomic mass is 9.96. The summed E-state index contributed by atoms with van der Waals surface area (Å²) in [6.45, 7) is 7.62. The molecule has 0 aliphatic carbocycles. The third kappa shape index (κ3) is 5.47. The molecular formula is C12H25FN2.